The van der Waals surface area contributed by atoms with E-state index in [0.717, 1.165) is 33.4 Å². The molecule has 0 aliphatic carbocycles. The van der Waals surface area contributed by atoms with Crippen molar-refractivity contribution in [2.45, 2.75) is 13.5 Å². The van der Waals surface area contributed by atoms with Crippen LogP contribution in [0.1, 0.15) is 11.1 Å². The number of nitrogens with one attached hydrogen (secondary N) is 3. The minimum Gasteiger partial charge on any atom is -0.355 e. The van der Waals surface area contributed by atoms with E-state index >= 15 is 0 Å². The molecular weight excluding hydrogens is 370 g/mol. The van der Waals surface area contributed by atoms with E-state index in [9.17, 15) is 4.79 Å². The molecule has 3 aromatic carbocycles. The number of H-pyrrole nitrogens is 1. The maximum Gasteiger partial charge on any atom is 0.319 e. The molecule has 0 saturated heterocycles. The average molecular weight is 390 g/mol. The number of urea groups is 1. The monoisotopic (exact) mass is 389 g/mol. The Morgan fingerprint density at radius 2 is 1.71 bits per heavy atom. The van der Waals surface area contributed by atoms with E-state index in [4.69, 9.17) is 11.6 Å². The Labute approximate surface area is 168 Å². The van der Waals surface area contributed by atoms with Crippen molar-refractivity contribution in [2.24, 2.45) is 0 Å². The van der Waals surface area contributed by atoms with Crippen LogP contribution in [0.5, 0.6) is 0 Å². The van der Waals surface area contributed by atoms with Gasteiger partial charge in [0.05, 0.1) is 0 Å². The topological polar surface area (TPSA) is 56.9 Å². The van der Waals surface area contributed by atoms with Gasteiger partial charge in [0.15, 0.2) is 0 Å². The van der Waals surface area contributed by atoms with Crippen LogP contribution in [0.25, 0.3) is 22.2 Å². The summed E-state index contributed by atoms with van der Waals surface area (Å²) in [6.07, 6.45) is 0. The van der Waals surface area contributed by atoms with Crippen molar-refractivity contribution in [3.05, 3.63) is 88.9 Å². The van der Waals surface area contributed by atoms with E-state index in [1.807, 2.05) is 73.7 Å². The average Bonchev–Trinajstić information content (AvgIpc) is 3.11. The van der Waals surface area contributed by atoms with Gasteiger partial charge in [-0.15, -0.1) is 0 Å². The molecule has 0 unspecified atom stereocenters. The molecule has 1 heterocycles. The molecule has 28 heavy (non-hydrogen) atoms. The normalized spacial score (nSPS) is 10.8. The van der Waals surface area contributed by atoms with Crippen LogP contribution in [0.3, 0.4) is 0 Å². The second kappa shape index (κ2) is 7.79. The maximum atomic E-state index is 12.1. The number of carbonyl (C=O) groups excluding carboxylic acids is 1. The third-order valence-electron chi connectivity index (χ3n) is 4.61. The first-order chi connectivity index (χ1) is 13.6. The predicted molar refractivity (Wildman–Crippen MR) is 116 cm³/mol. The Morgan fingerprint density at radius 3 is 2.46 bits per heavy atom. The summed E-state index contributed by atoms with van der Waals surface area (Å²) >= 11 is 6.05. The summed E-state index contributed by atoms with van der Waals surface area (Å²) in [4.78, 5) is 15.5. The molecule has 0 atom stereocenters. The minimum absolute atomic E-state index is 0.228. The second-order valence-electron chi connectivity index (χ2n) is 6.79. The number of aromatic nitrogens is 1. The predicted octanol–water partition coefficient (Wildman–Crippen LogP) is 6.12. The third kappa shape index (κ3) is 4.18. The molecule has 0 aliphatic heterocycles. The van der Waals surface area contributed by atoms with Gasteiger partial charge in [-0.1, -0.05) is 53.6 Å². The standard InChI is InChI=1S/C23H20ClN3O/c1-15-2-4-16(5-3-15)14-25-23(28)26-20-9-6-17(7-10-20)22-13-18-12-19(24)8-11-21(18)27-22/h2-13,27H,14H2,1H3,(H2,25,26,28). The molecule has 140 valence electrons. The van der Waals surface area contributed by atoms with Gasteiger partial charge in [0.2, 0.25) is 0 Å². The summed E-state index contributed by atoms with van der Waals surface area (Å²) < 4.78 is 0. The first-order valence-electron chi connectivity index (χ1n) is 9.06. The van der Waals surface area contributed by atoms with Gasteiger partial charge in [0.25, 0.3) is 0 Å². The summed E-state index contributed by atoms with van der Waals surface area (Å²) in [5.41, 5.74) is 6.09. The van der Waals surface area contributed by atoms with Gasteiger partial charge in [0, 0.05) is 33.9 Å². The lowest BCUT2D eigenvalue weighted by Crippen LogP contribution is -2.28. The van der Waals surface area contributed by atoms with Crippen molar-refractivity contribution < 1.29 is 4.79 Å². The van der Waals surface area contributed by atoms with E-state index in [2.05, 4.69) is 21.7 Å². The van der Waals surface area contributed by atoms with Gasteiger partial charge in [0.1, 0.15) is 0 Å². The van der Waals surface area contributed by atoms with Crippen LogP contribution in [0, 0.1) is 6.92 Å². The van der Waals surface area contributed by atoms with E-state index in [1.54, 1.807) is 0 Å². The van der Waals surface area contributed by atoms with Crippen LogP contribution in [-0.4, -0.2) is 11.0 Å². The minimum atomic E-state index is -0.228. The van der Waals surface area contributed by atoms with E-state index in [-0.39, 0.29) is 6.03 Å². The number of anilines is 1. The molecule has 3 N–H and O–H groups in total. The summed E-state index contributed by atoms with van der Waals surface area (Å²) in [5.74, 6) is 0. The van der Waals surface area contributed by atoms with Gasteiger partial charge < -0.3 is 15.6 Å². The van der Waals surface area contributed by atoms with Gasteiger partial charge in [-0.3, -0.25) is 0 Å². The number of aromatic amines is 1. The number of aryl methyl sites for hydroxylation is 1. The Bertz CT molecular complexity index is 1120. The van der Waals surface area contributed by atoms with Crippen LogP contribution >= 0.6 is 11.6 Å². The van der Waals surface area contributed by atoms with Crippen molar-refractivity contribution in [1.29, 1.82) is 0 Å². The molecule has 2 amide bonds. The number of rotatable bonds is 4. The first kappa shape index (κ1) is 18.1. The summed E-state index contributed by atoms with van der Waals surface area (Å²) in [6.45, 7) is 2.53. The smallest absolute Gasteiger partial charge is 0.319 e. The van der Waals surface area contributed by atoms with Gasteiger partial charge in [-0.2, -0.15) is 0 Å². The highest BCUT2D eigenvalue weighted by Crippen LogP contribution is 2.27. The van der Waals surface area contributed by atoms with E-state index in [1.165, 1.54) is 5.56 Å². The molecule has 0 radical (unpaired) electrons. The highest BCUT2D eigenvalue weighted by molar-refractivity contribution is 6.31. The molecule has 0 bridgehead atoms. The Morgan fingerprint density at radius 1 is 0.964 bits per heavy atom. The van der Waals surface area contributed by atoms with E-state index < -0.39 is 0 Å². The summed E-state index contributed by atoms with van der Waals surface area (Å²) in [6, 6.07) is 23.4. The lowest BCUT2D eigenvalue weighted by molar-refractivity contribution is 0.251. The molecule has 0 aliphatic rings. The highest BCUT2D eigenvalue weighted by atomic mass is 35.5. The van der Waals surface area contributed by atoms with Crippen molar-refractivity contribution in [2.75, 3.05) is 5.32 Å². The van der Waals surface area contributed by atoms with Crippen molar-refractivity contribution >= 4 is 34.2 Å². The quantitative estimate of drug-likeness (QED) is 0.387. The zero-order valence-electron chi connectivity index (χ0n) is 15.4. The molecule has 4 aromatic rings. The molecule has 1 aromatic heterocycles. The van der Waals surface area contributed by atoms with Crippen molar-refractivity contribution in [3.8, 4) is 11.3 Å². The van der Waals surface area contributed by atoms with Gasteiger partial charge in [-0.25, -0.2) is 4.79 Å². The molecule has 4 rings (SSSR count). The van der Waals surface area contributed by atoms with Crippen LogP contribution in [0.2, 0.25) is 5.02 Å². The van der Waals surface area contributed by atoms with E-state index in [0.29, 0.717) is 11.6 Å². The molecule has 0 fully saturated rings. The third-order valence-corrected chi connectivity index (χ3v) is 4.85. The van der Waals surface area contributed by atoms with Crippen LogP contribution in [0.4, 0.5) is 10.5 Å². The molecule has 5 heteroatoms. The van der Waals surface area contributed by atoms with Crippen LogP contribution in [-0.2, 0) is 6.54 Å². The van der Waals surface area contributed by atoms with Crippen molar-refractivity contribution in [3.63, 3.8) is 0 Å². The fraction of sp³-hybridized carbons (Fsp3) is 0.0870. The lowest BCUT2D eigenvalue weighted by atomic mass is 10.1. The van der Waals surface area contributed by atoms with Crippen LogP contribution in [0.15, 0.2) is 72.8 Å². The van der Waals surface area contributed by atoms with Crippen molar-refractivity contribution in [1.82, 2.24) is 10.3 Å². The first-order valence-corrected chi connectivity index (χ1v) is 9.44. The second-order valence-corrected chi connectivity index (χ2v) is 7.22. The fourth-order valence-electron chi connectivity index (χ4n) is 3.06. The fourth-order valence-corrected chi connectivity index (χ4v) is 3.24. The summed E-state index contributed by atoms with van der Waals surface area (Å²) in [5, 5.41) is 7.51. The molecule has 0 spiro atoms. The number of hydrogen-bond acceptors (Lipinski definition) is 1. The number of benzene rings is 3. The molecule has 0 saturated carbocycles. The Balaban J connectivity index is 1.39. The Kier molecular flexibility index (Phi) is 5.04. The number of hydrogen-bond donors (Lipinski definition) is 3. The Hall–Kier alpha value is -3.24. The number of fused-ring (bicyclic) bond motifs is 1. The van der Waals surface area contributed by atoms with Gasteiger partial charge >= 0.3 is 6.03 Å². The zero-order valence-corrected chi connectivity index (χ0v) is 16.2. The van der Waals surface area contributed by atoms with Crippen LogP contribution < -0.4 is 10.6 Å². The highest BCUT2D eigenvalue weighted by Gasteiger charge is 2.06. The maximum absolute atomic E-state index is 12.1. The van der Waals surface area contributed by atoms with Gasteiger partial charge in [-0.05, 0) is 54.4 Å². The number of carbonyl (C=O) groups is 1. The summed E-state index contributed by atoms with van der Waals surface area (Å²) in [7, 11) is 0. The number of amides is 2. The number of halogens is 1. The molecule has 4 nitrogen and oxygen atoms in total. The zero-order chi connectivity index (χ0) is 19.5. The lowest BCUT2D eigenvalue weighted by Gasteiger charge is -2.08. The SMILES string of the molecule is Cc1ccc(CNC(=O)Nc2ccc(-c3cc4cc(Cl)ccc4[nH]3)cc2)cc1. The largest absolute Gasteiger partial charge is 0.355 e. The molecular formula is C23H20ClN3O.